The minimum atomic E-state index is -3.94. The van der Waals surface area contributed by atoms with Crippen molar-refractivity contribution in [2.24, 2.45) is 0 Å². The van der Waals surface area contributed by atoms with Gasteiger partial charge in [0, 0.05) is 46.7 Å². The van der Waals surface area contributed by atoms with E-state index < -0.39 is 43.9 Å². The Hall–Kier alpha value is -2.84. The maximum atomic E-state index is 13.4. The van der Waals surface area contributed by atoms with Crippen LogP contribution in [0, 0.1) is 0 Å². The van der Waals surface area contributed by atoms with Crippen molar-refractivity contribution < 1.29 is 36.0 Å². The number of hydrogen-bond donors (Lipinski definition) is 2. The normalized spacial score (nSPS) is 24.5. The number of nitrogens with zero attached hydrogens (tertiary/aromatic N) is 4. The van der Waals surface area contributed by atoms with Gasteiger partial charge in [-0.25, -0.2) is 16.8 Å². The van der Waals surface area contributed by atoms with Crippen LogP contribution < -0.4 is 9.44 Å². The van der Waals surface area contributed by atoms with E-state index >= 15 is 0 Å². The molecule has 0 radical (unpaired) electrons. The average molecular weight is 820 g/mol. The highest BCUT2D eigenvalue weighted by molar-refractivity contribution is 7.92. The van der Waals surface area contributed by atoms with Crippen molar-refractivity contribution in [3.8, 4) is 0 Å². The fraction of sp³-hybridized carbons (Fsp3) is 0.484. The van der Waals surface area contributed by atoms with Gasteiger partial charge in [-0.05, 0) is 68.5 Å². The summed E-state index contributed by atoms with van der Waals surface area (Å²) < 4.78 is 56.5. The smallest absolute Gasteiger partial charge is 0.242 e. The Labute approximate surface area is 314 Å². The van der Waals surface area contributed by atoms with Crippen LogP contribution in [0.3, 0.4) is 0 Å². The first-order valence-electron chi connectivity index (χ1n) is 16.2. The number of sulfonamides is 2. The summed E-state index contributed by atoms with van der Waals surface area (Å²) in [5.41, 5.74) is 0. The molecule has 4 saturated heterocycles. The monoisotopic (exact) mass is 818 g/mol. The number of thiophene rings is 2. The number of nitrogens with one attached hydrogen (secondary N) is 2. The molecule has 4 aliphatic heterocycles. The topological polar surface area (TPSA) is 174 Å². The molecule has 4 aliphatic rings. The fourth-order valence-electron chi connectivity index (χ4n) is 6.82. The molecular weight excluding hydrogens is 784 g/mol. The molecule has 2 bridgehead atoms. The number of fused-ring (bicyclic) bond motifs is 2. The van der Waals surface area contributed by atoms with Crippen molar-refractivity contribution in [1.82, 2.24) is 29.0 Å². The molecule has 0 spiro atoms. The van der Waals surface area contributed by atoms with Gasteiger partial charge in [-0.2, -0.15) is 9.44 Å². The summed E-state index contributed by atoms with van der Waals surface area (Å²) in [5.74, 6) is -1.50. The molecular formula is C31H36Cl2N6O8S4. The summed E-state index contributed by atoms with van der Waals surface area (Å²) >= 11 is 14.2. The van der Waals surface area contributed by atoms with E-state index in [1.807, 2.05) is 0 Å². The SMILES string of the molecule is O=C1C(NS(=O)(=O)/C=C/c2ccc(Cl)s2)CCCN1CC(=O)N1CC2CC1CN2C(=O)CN1CCCC(NS(=O)(=O)/C=C/c2ccc(Cl)s2)C1=O. The second-order valence-corrected chi connectivity index (χ2v) is 19.4. The molecule has 4 fully saturated rings. The Kier molecular flexibility index (Phi) is 11.6. The highest BCUT2D eigenvalue weighted by Gasteiger charge is 2.48. The molecule has 4 unspecified atom stereocenters. The number of amides is 4. The summed E-state index contributed by atoms with van der Waals surface area (Å²) in [4.78, 5) is 60.5. The van der Waals surface area contributed by atoms with Crippen LogP contribution in [0.4, 0.5) is 0 Å². The molecule has 6 rings (SSSR count). The second kappa shape index (κ2) is 15.6. The molecule has 20 heteroatoms. The molecule has 51 heavy (non-hydrogen) atoms. The molecule has 4 atom stereocenters. The maximum absolute atomic E-state index is 13.4. The van der Waals surface area contributed by atoms with Crippen LogP contribution in [-0.4, -0.2) is 123 Å². The van der Waals surface area contributed by atoms with Crippen LogP contribution in [0.25, 0.3) is 12.2 Å². The molecule has 2 N–H and O–H groups in total. The number of piperidine rings is 2. The summed E-state index contributed by atoms with van der Waals surface area (Å²) in [6, 6.07) is 4.18. The number of likely N-dealkylation sites (tertiary alicyclic amines) is 4. The number of carbonyl (C=O) groups excluding carboxylic acids is 4. The van der Waals surface area contributed by atoms with Gasteiger partial charge in [0.1, 0.15) is 12.1 Å². The van der Waals surface area contributed by atoms with Crippen molar-refractivity contribution in [3.05, 3.63) is 53.5 Å². The van der Waals surface area contributed by atoms with Crippen LogP contribution in [0.2, 0.25) is 8.67 Å². The van der Waals surface area contributed by atoms with Gasteiger partial charge in [0.2, 0.25) is 43.7 Å². The molecule has 2 aromatic rings. The highest BCUT2D eigenvalue weighted by Crippen LogP contribution is 2.32. The lowest BCUT2D eigenvalue weighted by Gasteiger charge is -2.38. The van der Waals surface area contributed by atoms with Crippen LogP contribution in [0.5, 0.6) is 0 Å². The largest absolute Gasteiger partial charge is 0.334 e. The number of halogens is 2. The van der Waals surface area contributed by atoms with Gasteiger partial charge in [-0.15, -0.1) is 22.7 Å². The number of rotatable bonds is 12. The third kappa shape index (κ3) is 9.40. The fourth-order valence-corrected chi connectivity index (χ4v) is 11.0. The van der Waals surface area contributed by atoms with Crippen molar-refractivity contribution >= 4 is 102 Å². The molecule has 0 aromatic carbocycles. The van der Waals surface area contributed by atoms with E-state index in [0.717, 1.165) is 10.8 Å². The summed E-state index contributed by atoms with van der Waals surface area (Å²) in [6.07, 6.45) is 5.02. The van der Waals surface area contributed by atoms with Crippen LogP contribution in [-0.2, 0) is 39.2 Å². The van der Waals surface area contributed by atoms with Gasteiger partial charge in [-0.3, -0.25) is 19.2 Å². The summed E-state index contributed by atoms with van der Waals surface area (Å²) in [7, 11) is -7.87. The summed E-state index contributed by atoms with van der Waals surface area (Å²) in [6.45, 7) is 0.798. The average Bonchev–Trinajstić information content (AvgIpc) is 3.88. The zero-order valence-corrected chi connectivity index (χ0v) is 31.9. The minimum Gasteiger partial charge on any atom is -0.334 e. The zero-order chi connectivity index (χ0) is 36.5. The van der Waals surface area contributed by atoms with Crippen LogP contribution in [0.15, 0.2) is 35.1 Å². The Bertz CT molecular complexity index is 1830. The highest BCUT2D eigenvalue weighted by atomic mass is 35.5. The van der Waals surface area contributed by atoms with E-state index in [-0.39, 0.29) is 50.1 Å². The van der Waals surface area contributed by atoms with Gasteiger partial charge in [0.25, 0.3) is 0 Å². The molecule has 2 aromatic heterocycles. The van der Waals surface area contributed by atoms with Gasteiger partial charge < -0.3 is 19.6 Å². The quantitative estimate of drug-likeness (QED) is 0.329. The van der Waals surface area contributed by atoms with E-state index in [4.69, 9.17) is 23.2 Å². The molecule has 14 nitrogen and oxygen atoms in total. The van der Waals surface area contributed by atoms with Crippen LogP contribution in [0.1, 0.15) is 41.9 Å². The third-order valence-corrected chi connectivity index (χ3v) is 13.8. The first-order valence-corrected chi connectivity index (χ1v) is 21.7. The summed E-state index contributed by atoms with van der Waals surface area (Å²) in [5, 5.41) is 1.98. The lowest BCUT2D eigenvalue weighted by molar-refractivity contribution is -0.147. The van der Waals surface area contributed by atoms with E-state index in [0.29, 0.717) is 63.6 Å². The van der Waals surface area contributed by atoms with Gasteiger partial charge in [0.15, 0.2) is 0 Å². The molecule has 4 amide bonds. The molecule has 0 saturated carbocycles. The van der Waals surface area contributed by atoms with Crippen molar-refractivity contribution in [1.29, 1.82) is 0 Å². The predicted molar refractivity (Wildman–Crippen MR) is 196 cm³/mol. The number of piperazine rings is 1. The first kappa shape index (κ1) is 37.9. The number of carbonyl (C=O) groups is 4. The maximum Gasteiger partial charge on any atom is 0.242 e. The first-order chi connectivity index (χ1) is 24.2. The minimum absolute atomic E-state index is 0.201. The van der Waals surface area contributed by atoms with E-state index in [1.165, 1.54) is 44.6 Å². The molecule has 6 heterocycles. The van der Waals surface area contributed by atoms with E-state index in [2.05, 4.69) is 9.44 Å². The zero-order valence-electron chi connectivity index (χ0n) is 27.2. The lowest BCUT2D eigenvalue weighted by atomic mass is 10.1. The van der Waals surface area contributed by atoms with Gasteiger partial charge >= 0.3 is 0 Å². The number of hydrogen-bond acceptors (Lipinski definition) is 10. The van der Waals surface area contributed by atoms with Crippen molar-refractivity contribution in [3.63, 3.8) is 0 Å². The second-order valence-electron chi connectivity index (χ2n) is 12.8. The molecule has 0 aliphatic carbocycles. The Balaban J connectivity index is 0.976. The predicted octanol–water partition coefficient (Wildman–Crippen LogP) is 2.39. The Morgan fingerprint density at radius 1 is 0.725 bits per heavy atom. The van der Waals surface area contributed by atoms with E-state index in [1.54, 1.807) is 34.1 Å². The van der Waals surface area contributed by atoms with Crippen molar-refractivity contribution in [2.75, 3.05) is 39.3 Å². The van der Waals surface area contributed by atoms with Gasteiger partial charge in [-0.1, -0.05) is 23.2 Å². The Morgan fingerprint density at radius 2 is 1.14 bits per heavy atom. The van der Waals surface area contributed by atoms with Crippen LogP contribution >= 0.6 is 45.9 Å². The molecule has 276 valence electrons. The van der Waals surface area contributed by atoms with E-state index in [9.17, 15) is 36.0 Å². The lowest BCUT2D eigenvalue weighted by Crippen LogP contribution is -2.58. The van der Waals surface area contributed by atoms with Crippen molar-refractivity contribution in [2.45, 2.75) is 56.3 Å². The third-order valence-electron chi connectivity index (χ3n) is 9.22. The van der Waals surface area contributed by atoms with Gasteiger partial charge in [0.05, 0.1) is 33.8 Å². The Morgan fingerprint density at radius 3 is 1.49 bits per heavy atom. The standard InChI is InChI=1S/C31H36Cl2N6O8S4/c32-26-7-5-22(48-26)9-13-50(44,45)34-24-3-1-11-36(30(24)42)18-28(40)38-16-21-15-20(38)17-39(21)29(41)19-37-12-2-4-25(31(37)43)35-51(46,47)14-10-23-6-8-27(33)49-23/h5-10,13-14,20-21,24-25,34-35H,1-4,11-12,15-19H2/b13-9+,14-10+.